The molecule has 0 aliphatic carbocycles. The Morgan fingerprint density at radius 3 is 2.31 bits per heavy atom. The lowest BCUT2D eigenvalue weighted by molar-refractivity contribution is -0.122. The molecule has 0 aliphatic rings. The first-order valence-corrected chi connectivity index (χ1v) is 5.64. The third-order valence-corrected chi connectivity index (χ3v) is 2.17. The van der Waals surface area contributed by atoms with E-state index in [4.69, 9.17) is 0 Å². The number of carbonyl (C=O) groups is 1. The number of hydrogen-bond donors (Lipinski definition) is 2. The topological polar surface area (TPSA) is 41.1 Å². The Morgan fingerprint density at radius 2 is 1.88 bits per heavy atom. The summed E-state index contributed by atoms with van der Waals surface area (Å²) in [5.41, 5.74) is 2.15. The standard InChI is InChI=1S/C11H16N2O.C2H6/c1-8-5-4-6-9(7-8)10(12-2)11(14)13-3;1-2/h4-7,10,12H,1-3H3,(H,13,14);1-2H3. The summed E-state index contributed by atoms with van der Waals surface area (Å²) in [5.74, 6) is -0.0156. The van der Waals surface area contributed by atoms with E-state index in [0.717, 1.165) is 11.1 Å². The third kappa shape index (κ3) is 4.03. The zero-order valence-corrected chi connectivity index (χ0v) is 10.8. The molecule has 0 saturated carbocycles. The van der Waals surface area contributed by atoms with Crippen molar-refractivity contribution in [2.45, 2.75) is 26.8 Å². The molecule has 1 unspecified atom stereocenters. The summed E-state index contributed by atoms with van der Waals surface area (Å²) in [6, 6.07) is 7.66. The van der Waals surface area contributed by atoms with E-state index in [9.17, 15) is 4.79 Å². The molecule has 1 rings (SSSR count). The Labute approximate surface area is 98.3 Å². The molecule has 0 radical (unpaired) electrons. The SMILES string of the molecule is CC.CNC(=O)C(NC)c1cccc(C)c1. The second-order valence-corrected chi connectivity index (χ2v) is 3.25. The van der Waals surface area contributed by atoms with Crippen molar-refractivity contribution in [3.05, 3.63) is 35.4 Å². The minimum atomic E-state index is -0.264. The monoisotopic (exact) mass is 222 g/mol. The van der Waals surface area contributed by atoms with Gasteiger partial charge >= 0.3 is 0 Å². The van der Waals surface area contributed by atoms with Gasteiger partial charge in [0.2, 0.25) is 5.91 Å². The van der Waals surface area contributed by atoms with E-state index in [0.29, 0.717) is 0 Å². The average molecular weight is 222 g/mol. The van der Waals surface area contributed by atoms with Crippen LogP contribution in [-0.2, 0) is 4.79 Å². The minimum Gasteiger partial charge on any atom is -0.358 e. The fourth-order valence-electron chi connectivity index (χ4n) is 1.44. The summed E-state index contributed by atoms with van der Waals surface area (Å²) in [5, 5.41) is 5.62. The highest BCUT2D eigenvalue weighted by atomic mass is 16.2. The van der Waals surface area contributed by atoms with Crippen molar-refractivity contribution in [3.63, 3.8) is 0 Å². The van der Waals surface area contributed by atoms with Crippen LogP contribution in [0.3, 0.4) is 0 Å². The van der Waals surface area contributed by atoms with Gasteiger partial charge < -0.3 is 10.6 Å². The lowest BCUT2D eigenvalue weighted by Gasteiger charge is -2.15. The van der Waals surface area contributed by atoms with E-state index in [1.807, 2.05) is 45.0 Å². The summed E-state index contributed by atoms with van der Waals surface area (Å²) < 4.78 is 0. The number of hydrogen-bond acceptors (Lipinski definition) is 2. The maximum Gasteiger partial charge on any atom is 0.241 e. The van der Waals surface area contributed by atoms with E-state index in [1.165, 1.54) is 0 Å². The van der Waals surface area contributed by atoms with Crippen LogP contribution in [0.2, 0.25) is 0 Å². The van der Waals surface area contributed by atoms with Crippen molar-refractivity contribution in [2.75, 3.05) is 14.1 Å². The van der Waals surface area contributed by atoms with Gasteiger partial charge in [-0.25, -0.2) is 0 Å². The van der Waals surface area contributed by atoms with E-state index in [1.54, 1.807) is 14.1 Å². The van der Waals surface area contributed by atoms with Crippen molar-refractivity contribution >= 4 is 5.91 Å². The number of benzene rings is 1. The number of rotatable bonds is 3. The maximum absolute atomic E-state index is 11.5. The summed E-state index contributed by atoms with van der Waals surface area (Å²) in [6.07, 6.45) is 0. The van der Waals surface area contributed by atoms with Gasteiger partial charge in [0.1, 0.15) is 6.04 Å². The first-order valence-electron chi connectivity index (χ1n) is 5.64. The van der Waals surface area contributed by atoms with Gasteiger partial charge in [-0.15, -0.1) is 0 Å². The minimum absolute atomic E-state index is 0.0156. The van der Waals surface area contributed by atoms with Crippen molar-refractivity contribution in [2.24, 2.45) is 0 Å². The highest BCUT2D eigenvalue weighted by molar-refractivity contribution is 5.82. The number of aryl methyl sites for hydroxylation is 1. The number of amides is 1. The smallest absolute Gasteiger partial charge is 0.241 e. The van der Waals surface area contributed by atoms with Gasteiger partial charge in [0, 0.05) is 7.05 Å². The fraction of sp³-hybridized carbons (Fsp3) is 0.462. The molecule has 3 heteroatoms. The van der Waals surface area contributed by atoms with Crippen molar-refractivity contribution < 1.29 is 4.79 Å². The van der Waals surface area contributed by atoms with Crippen LogP contribution in [0.1, 0.15) is 31.0 Å². The third-order valence-electron chi connectivity index (χ3n) is 2.17. The molecule has 2 N–H and O–H groups in total. The predicted octanol–water partition coefficient (Wildman–Crippen LogP) is 2.03. The summed E-state index contributed by atoms with van der Waals surface area (Å²) in [6.45, 7) is 6.01. The molecule has 0 saturated heterocycles. The molecule has 3 nitrogen and oxygen atoms in total. The lowest BCUT2D eigenvalue weighted by atomic mass is 10.0. The highest BCUT2D eigenvalue weighted by Gasteiger charge is 2.16. The first-order chi connectivity index (χ1) is 7.69. The van der Waals surface area contributed by atoms with Crippen LogP contribution >= 0.6 is 0 Å². The van der Waals surface area contributed by atoms with Crippen LogP contribution in [0, 0.1) is 6.92 Å². The molecule has 90 valence electrons. The van der Waals surface area contributed by atoms with Gasteiger partial charge in [-0.1, -0.05) is 43.7 Å². The van der Waals surface area contributed by atoms with Crippen molar-refractivity contribution in [1.29, 1.82) is 0 Å². The van der Waals surface area contributed by atoms with Gasteiger partial charge in [-0.3, -0.25) is 4.79 Å². The van der Waals surface area contributed by atoms with E-state index in [-0.39, 0.29) is 11.9 Å². The van der Waals surface area contributed by atoms with Gasteiger partial charge in [0.15, 0.2) is 0 Å². The number of carbonyl (C=O) groups excluding carboxylic acids is 1. The summed E-state index contributed by atoms with van der Waals surface area (Å²) >= 11 is 0. The highest BCUT2D eigenvalue weighted by Crippen LogP contribution is 2.13. The van der Waals surface area contributed by atoms with Gasteiger partial charge in [-0.05, 0) is 19.5 Å². The molecule has 0 heterocycles. The van der Waals surface area contributed by atoms with E-state index >= 15 is 0 Å². The molecule has 0 spiro atoms. The van der Waals surface area contributed by atoms with Crippen molar-refractivity contribution in [1.82, 2.24) is 10.6 Å². The number of nitrogens with one attached hydrogen (secondary N) is 2. The van der Waals surface area contributed by atoms with Crippen LogP contribution < -0.4 is 10.6 Å². The summed E-state index contributed by atoms with van der Waals surface area (Å²) in [7, 11) is 3.42. The quantitative estimate of drug-likeness (QED) is 0.821. The molecule has 0 fully saturated rings. The summed E-state index contributed by atoms with van der Waals surface area (Å²) in [4.78, 5) is 11.5. The predicted molar refractivity (Wildman–Crippen MR) is 68.4 cm³/mol. The molecule has 1 aromatic carbocycles. The molecule has 1 aromatic rings. The Balaban J connectivity index is 0.00000106. The maximum atomic E-state index is 11.5. The molecule has 0 aromatic heterocycles. The van der Waals surface area contributed by atoms with Crippen molar-refractivity contribution in [3.8, 4) is 0 Å². The van der Waals surface area contributed by atoms with Crippen LogP contribution in [0.5, 0.6) is 0 Å². The molecular weight excluding hydrogens is 200 g/mol. The Kier molecular flexibility index (Phi) is 7.21. The molecule has 0 bridgehead atoms. The van der Waals surface area contributed by atoms with Crippen LogP contribution in [0.4, 0.5) is 0 Å². The molecule has 0 aliphatic heterocycles. The van der Waals surface area contributed by atoms with Crippen LogP contribution in [0.25, 0.3) is 0 Å². The van der Waals surface area contributed by atoms with Crippen LogP contribution in [0.15, 0.2) is 24.3 Å². The second kappa shape index (κ2) is 7.88. The lowest BCUT2D eigenvalue weighted by Crippen LogP contribution is -2.33. The van der Waals surface area contributed by atoms with Gasteiger partial charge in [-0.2, -0.15) is 0 Å². The molecule has 1 amide bonds. The Hall–Kier alpha value is -1.35. The fourth-order valence-corrected chi connectivity index (χ4v) is 1.44. The first kappa shape index (κ1) is 14.6. The van der Waals surface area contributed by atoms with Gasteiger partial charge in [0.25, 0.3) is 0 Å². The Morgan fingerprint density at radius 1 is 1.25 bits per heavy atom. The average Bonchev–Trinajstić information content (AvgIpc) is 2.32. The number of likely N-dealkylation sites (N-methyl/N-ethyl adjacent to an activating group) is 2. The van der Waals surface area contributed by atoms with Gasteiger partial charge in [0.05, 0.1) is 0 Å². The second-order valence-electron chi connectivity index (χ2n) is 3.25. The molecule has 1 atom stereocenters. The zero-order chi connectivity index (χ0) is 12.6. The molecular formula is C13H22N2O. The Bertz CT molecular complexity index is 323. The normalized spacial score (nSPS) is 11.1. The largest absolute Gasteiger partial charge is 0.358 e. The molecule has 16 heavy (non-hydrogen) atoms. The zero-order valence-electron chi connectivity index (χ0n) is 10.8. The van der Waals surface area contributed by atoms with E-state index in [2.05, 4.69) is 10.6 Å². The van der Waals surface area contributed by atoms with Crippen LogP contribution in [-0.4, -0.2) is 20.0 Å². The van der Waals surface area contributed by atoms with E-state index < -0.39 is 0 Å².